The third kappa shape index (κ3) is 2.37. The molecule has 0 aromatic rings. The Balaban J connectivity index is 2.17. The molecular formula is C14H16O. The van der Waals surface area contributed by atoms with E-state index in [1.807, 2.05) is 0 Å². The van der Waals surface area contributed by atoms with Gasteiger partial charge in [0.25, 0.3) is 0 Å². The zero-order valence-corrected chi connectivity index (χ0v) is 9.07. The Morgan fingerprint density at radius 2 is 1.87 bits per heavy atom. The van der Waals surface area contributed by atoms with Crippen LogP contribution < -0.4 is 0 Å². The third-order valence-electron chi connectivity index (χ3n) is 2.49. The summed E-state index contributed by atoms with van der Waals surface area (Å²) in [5.41, 5.74) is 3.88. The summed E-state index contributed by atoms with van der Waals surface area (Å²) in [7, 11) is 0. The Labute approximate surface area is 91.0 Å². The van der Waals surface area contributed by atoms with E-state index in [-0.39, 0.29) is 0 Å². The molecule has 0 saturated carbocycles. The fraction of sp³-hybridized carbons (Fsp3) is 0.286. The highest BCUT2D eigenvalue weighted by molar-refractivity contribution is 5.70. The number of hydrogen-bond acceptors (Lipinski definition) is 1. The van der Waals surface area contributed by atoms with E-state index in [1.54, 1.807) is 0 Å². The molecule has 2 aliphatic rings. The molecule has 0 fully saturated rings. The Morgan fingerprint density at radius 1 is 1.00 bits per heavy atom. The average Bonchev–Trinajstić information content (AvgIpc) is 2.50. The summed E-state index contributed by atoms with van der Waals surface area (Å²) < 4.78 is 5.57. The van der Waals surface area contributed by atoms with Crippen molar-refractivity contribution in [1.29, 1.82) is 0 Å². The number of ether oxygens (including phenoxy) is 1. The Bertz CT molecular complexity index is 395. The topological polar surface area (TPSA) is 9.23 Å². The van der Waals surface area contributed by atoms with Crippen molar-refractivity contribution >= 4 is 0 Å². The summed E-state index contributed by atoms with van der Waals surface area (Å²) >= 11 is 0. The van der Waals surface area contributed by atoms with Gasteiger partial charge >= 0.3 is 0 Å². The maximum atomic E-state index is 5.57. The van der Waals surface area contributed by atoms with Gasteiger partial charge in [0, 0.05) is 6.61 Å². The molecule has 2 aliphatic carbocycles. The summed E-state index contributed by atoms with van der Waals surface area (Å²) in [6, 6.07) is 14.8. The predicted octanol–water partition coefficient (Wildman–Crippen LogP) is 3.72. The van der Waals surface area contributed by atoms with Gasteiger partial charge in [0.2, 0.25) is 0 Å². The zero-order valence-electron chi connectivity index (χ0n) is 9.07. The smallest absolute Gasteiger partial charge is 0.0722 e. The summed E-state index contributed by atoms with van der Waals surface area (Å²) in [5, 5.41) is 0. The maximum absolute atomic E-state index is 5.57. The molecule has 2 rings (SSSR count). The first-order valence-corrected chi connectivity index (χ1v) is 5.46. The Kier molecular flexibility index (Phi) is 3.36. The van der Waals surface area contributed by atoms with E-state index in [0.29, 0.717) is 0 Å². The standard InChI is InChI=1S/C14H16O/c1-2-10-15-11-13-9-8-12-6-4-3-5-7-14(12)13/h3-9H,2,10-11H2,1H3. The van der Waals surface area contributed by atoms with Crippen LogP contribution >= 0.6 is 0 Å². The van der Waals surface area contributed by atoms with Crippen LogP contribution in [-0.4, -0.2) is 6.61 Å². The van der Waals surface area contributed by atoms with E-state index in [4.69, 9.17) is 4.74 Å². The number of rotatable bonds is 4. The van der Waals surface area contributed by atoms with Crippen molar-refractivity contribution in [2.45, 2.75) is 20.0 Å². The largest absolute Gasteiger partial charge is 0.377 e. The van der Waals surface area contributed by atoms with Crippen molar-refractivity contribution in [2.24, 2.45) is 0 Å². The van der Waals surface area contributed by atoms with Gasteiger partial charge in [0.1, 0.15) is 0 Å². The molecule has 0 aromatic heterocycles. The fourth-order valence-corrected chi connectivity index (χ4v) is 1.73. The van der Waals surface area contributed by atoms with Gasteiger partial charge in [0.05, 0.1) is 6.61 Å². The van der Waals surface area contributed by atoms with E-state index in [0.717, 1.165) is 19.6 Å². The number of fused-ring (bicyclic) bond motifs is 1. The first-order valence-electron chi connectivity index (χ1n) is 5.46. The molecule has 0 amide bonds. The highest BCUT2D eigenvalue weighted by Gasteiger charge is 2.06. The van der Waals surface area contributed by atoms with Crippen LogP contribution in [0.3, 0.4) is 0 Å². The second-order valence-corrected chi connectivity index (χ2v) is 3.69. The van der Waals surface area contributed by atoms with Gasteiger partial charge in [-0.25, -0.2) is 0 Å². The lowest BCUT2D eigenvalue weighted by Crippen LogP contribution is -1.93. The van der Waals surface area contributed by atoms with Gasteiger partial charge in [-0.2, -0.15) is 0 Å². The molecule has 0 unspecified atom stereocenters. The molecule has 1 heteroatoms. The Morgan fingerprint density at radius 3 is 2.73 bits per heavy atom. The second-order valence-electron chi connectivity index (χ2n) is 3.69. The van der Waals surface area contributed by atoms with Crippen LogP contribution in [0.4, 0.5) is 0 Å². The highest BCUT2D eigenvalue weighted by atomic mass is 16.5. The second kappa shape index (κ2) is 4.94. The molecule has 78 valence electrons. The zero-order chi connectivity index (χ0) is 10.5. The lowest BCUT2D eigenvalue weighted by atomic mass is 10.1. The van der Waals surface area contributed by atoms with Crippen LogP contribution in [0.2, 0.25) is 0 Å². The van der Waals surface area contributed by atoms with Crippen molar-refractivity contribution < 1.29 is 4.74 Å². The lowest BCUT2D eigenvalue weighted by molar-refractivity contribution is 0.122. The molecule has 0 atom stereocenters. The minimum Gasteiger partial charge on any atom is -0.377 e. The van der Waals surface area contributed by atoms with Gasteiger partial charge < -0.3 is 4.74 Å². The van der Waals surface area contributed by atoms with E-state index in [1.165, 1.54) is 16.7 Å². The predicted molar refractivity (Wildman–Crippen MR) is 63.0 cm³/mol. The summed E-state index contributed by atoms with van der Waals surface area (Å²) in [5.74, 6) is 0. The van der Waals surface area contributed by atoms with Crippen LogP contribution in [0.1, 0.15) is 18.9 Å². The molecule has 0 radical (unpaired) electrons. The summed E-state index contributed by atoms with van der Waals surface area (Å²) in [4.78, 5) is 0. The van der Waals surface area contributed by atoms with Gasteiger partial charge in [-0.15, -0.1) is 0 Å². The quantitative estimate of drug-likeness (QED) is 0.683. The van der Waals surface area contributed by atoms with Crippen molar-refractivity contribution in [1.82, 2.24) is 0 Å². The molecule has 0 heterocycles. The summed E-state index contributed by atoms with van der Waals surface area (Å²) in [6.45, 7) is 3.69. The number of hydrogen-bond donors (Lipinski definition) is 0. The van der Waals surface area contributed by atoms with E-state index in [2.05, 4.69) is 49.4 Å². The molecule has 0 saturated heterocycles. The first kappa shape index (κ1) is 10.2. The first-order chi connectivity index (χ1) is 7.42. The minimum absolute atomic E-state index is 0.724. The van der Waals surface area contributed by atoms with Crippen molar-refractivity contribution in [3.63, 3.8) is 0 Å². The summed E-state index contributed by atoms with van der Waals surface area (Å²) in [6.07, 6.45) is 1.08. The molecule has 0 aromatic carbocycles. The molecule has 1 nitrogen and oxygen atoms in total. The molecule has 0 N–H and O–H groups in total. The van der Waals surface area contributed by atoms with Crippen molar-refractivity contribution in [2.75, 3.05) is 6.61 Å². The van der Waals surface area contributed by atoms with Crippen LogP contribution in [0.25, 0.3) is 11.1 Å². The maximum Gasteiger partial charge on any atom is 0.0722 e. The normalized spacial score (nSPS) is 10.7. The van der Waals surface area contributed by atoms with Gasteiger partial charge in [0.15, 0.2) is 0 Å². The van der Waals surface area contributed by atoms with Crippen LogP contribution in [0, 0.1) is 0 Å². The molecule has 0 aliphatic heterocycles. The fourth-order valence-electron chi connectivity index (χ4n) is 1.73. The van der Waals surface area contributed by atoms with Crippen molar-refractivity contribution in [3.8, 4) is 11.1 Å². The molecule has 0 spiro atoms. The molecule has 15 heavy (non-hydrogen) atoms. The van der Waals surface area contributed by atoms with E-state index < -0.39 is 0 Å². The molecule has 0 bridgehead atoms. The minimum atomic E-state index is 0.724. The Hall–Kier alpha value is -1.34. The van der Waals surface area contributed by atoms with Gasteiger partial charge in [-0.05, 0) is 23.1 Å². The average molecular weight is 200 g/mol. The van der Waals surface area contributed by atoms with Crippen molar-refractivity contribution in [3.05, 3.63) is 48.0 Å². The lowest BCUT2D eigenvalue weighted by Gasteiger charge is -2.02. The van der Waals surface area contributed by atoms with Gasteiger partial charge in [-0.3, -0.25) is 0 Å². The van der Waals surface area contributed by atoms with Crippen LogP contribution in [0.5, 0.6) is 0 Å². The third-order valence-corrected chi connectivity index (χ3v) is 2.49. The van der Waals surface area contributed by atoms with E-state index >= 15 is 0 Å². The van der Waals surface area contributed by atoms with Crippen LogP contribution in [-0.2, 0) is 11.3 Å². The SMILES string of the molecule is CCCOCc1ccc2cccccc1-2. The van der Waals surface area contributed by atoms with Gasteiger partial charge in [-0.1, -0.05) is 49.4 Å². The highest BCUT2D eigenvalue weighted by Crippen LogP contribution is 2.27. The van der Waals surface area contributed by atoms with Crippen LogP contribution in [0.15, 0.2) is 42.5 Å². The van der Waals surface area contributed by atoms with E-state index in [9.17, 15) is 0 Å². The molecular weight excluding hydrogens is 184 g/mol. The monoisotopic (exact) mass is 200 g/mol.